The Morgan fingerprint density at radius 3 is 2.50 bits per heavy atom. The van der Waals surface area contributed by atoms with E-state index >= 15 is 0 Å². The first-order valence-corrected chi connectivity index (χ1v) is 5.72. The molecule has 18 heavy (non-hydrogen) atoms. The molecule has 0 amide bonds. The maximum atomic E-state index is 12.0. The molecule has 0 saturated heterocycles. The van der Waals surface area contributed by atoms with Crippen molar-refractivity contribution in [2.24, 2.45) is 5.41 Å². The number of hydrogen-bond acceptors (Lipinski definition) is 4. The molecular weight excluding hydrogens is 236 g/mol. The van der Waals surface area contributed by atoms with Gasteiger partial charge in [0.1, 0.15) is 0 Å². The first-order chi connectivity index (χ1) is 8.33. The van der Waals surface area contributed by atoms with Gasteiger partial charge in [-0.2, -0.15) is 0 Å². The lowest BCUT2D eigenvalue weighted by Gasteiger charge is -2.22. The predicted molar refractivity (Wildman–Crippen MR) is 66.4 cm³/mol. The minimum absolute atomic E-state index is 0.00181. The summed E-state index contributed by atoms with van der Waals surface area (Å²) in [5, 5.41) is 0. The molecule has 1 rings (SSSR count). The molecule has 0 spiro atoms. The summed E-state index contributed by atoms with van der Waals surface area (Å²) < 4.78 is 7.13. The molecule has 0 fully saturated rings. The van der Waals surface area contributed by atoms with Crippen LogP contribution in [0.1, 0.15) is 20.8 Å². The van der Waals surface area contributed by atoms with E-state index in [1.54, 1.807) is 13.8 Å². The van der Waals surface area contributed by atoms with E-state index in [0.717, 1.165) is 4.57 Å². The van der Waals surface area contributed by atoms with Crippen molar-refractivity contribution in [1.29, 1.82) is 0 Å². The molecule has 0 aliphatic rings. The minimum atomic E-state index is -0.926. The van der Waals surface area contributed by atoms with Crippen LogP contribution in [0.15, 0.2) is 21.9 Å². The number of rotatable bonds is 4. The molecule has 6 heteroatoms. The number of ether oxygens (including phenoxy) is 1. The Hall–Kier alpha value is -1.85. The Bertz CT molecular complexity index is 554. The Labute approximate surface area is 105 Å². The first-order valence-electron chi connectivity index (χ1n) is 5.72. The molecule has 0 aromatic carbocycles. The highest BCUT2D eigenvalue weighted by atomic mass is 16.5. The zero-order valence-electron chi connectivity index (χ0n) is 11.1. The van der Waals surface area contributed by atoms with Gasteiger partial charge in [-0.25, -0.2) is 4.79 Å². The fourth-order valence-corrected chi connectivity index (χ4v) is 1.68. The highest BCUT2D eigenvalue weighted by Crippen LogP contribution is 2.18. The first kappa shape index (κ1) is 14.2. The SMILES string of the molecule is CCn1ccc(=O)n(CC(C)(C)C(=O)OC)c1=O. The molecule has 0 bridgehead atoms. The summed E-state index contributed by atoms with van der Waals surface area (Å²) in [6, 6.07) is 1.32. The van der Waals surface area contributed by atoms with Gasteiger partial charge >= 0.3 is 11.7 Å². The predicted octanol–water partition coefficient (Wildman–Crippen LogP) is 0.229. The summed E-state index contributed by atoms with van der Waals surface area (Å²) in [5.41, 5.74) is -1.76. The fraction of sp³-hybridized carbons (Fsp3) is 0.583. The zero-order valence-corrected chi connectivity index (χ0v) is 11.1. The number of carbonyl (C=O) groups is 1. The summed E-state index contributed by atoms with van der Waals surface area (Å²) in [5.74, 6) is -0.458. The summed E-state index contributed by atoms with van der Waals surface area (Å²) in [7, 11) is 1.28. The van der Waals surface area contributed by atoms with Gasteiger partial charge in [0.05, 0.1) is 12.5 Å². The molecule has 0 aliphatic heterocycles. The second-order valence-electron chi connectivity index (χ2n) is 4.68. The Morgan fingerprint density at radius 1 is 1.39 bits per heavy atom. The molecule has 1 aromatic rings. The van der Waals surface area contributed by atoms with Gasteiger partial charge in [-0.1, -0.05) is 0 Å². The second kappa shape index (κ2) is 5.20. The number of carbonyl (C=O) groups excluding carboxylic acids is 1. The Balaban J connectivity index is 3.24. The van der Waals surface area contributed by atoms with Crippen LogP contribution in [0.3, 0.4) is 0 Å². The summed E-state index contributed by atoms with van der Waals surface area (Å²) >= 11 is 0. The van der Waals surface area contributed by atoms with E-state index in [2.05, 4.69) is 4.74 Å². The largest absolute Gasteiger partial charge is 0.469 e. The average molecular weight is 254 g/mol. The van der Waals surface area contributed by atoms with Crippen LogP contribution >= 0.6 is 0 Å². The van der Waals surface area contributed by atoms with Crippen molar-refractivity contribution < 1.29 is 9.53 Å². The van der Waals surface area contributed by atoms with Crippen LogP contribution in [0.4, 0.5) is 0 Å². The lowest BCUT2D eigenvalue weighted by Crippen LogP contribution is -2.44. The van der Waals surface area contributed by atoms with E-state index in [0.29, 0.717) is 6.54 Å². The number of nitrogens with zero attached hydrogens (tertiary/aromatic N) is 2. The normalized spacial score (nSPS) is 11.3. The number of aryl methyl sites for hydroxylation is 1. The molecule has 100 valence electrons. The van der Waals surface area contributed by atoms with Crippen molar-refractivity contribution in [2.45, 2.75) is 33.9 Å². The monoisotopic (exact) mass is 254 g/mol. The standard InChI is InChI=1S/C12H18N2O4/c1-5-13-7-6-9(15)14(11(13)17)8-12(2,3)10(16)18-4/h6-7H,5,8H2,1-4H3. The molecule has 0 unspecified atom stereocenters. The van der Waals surface area contributed by atoms with Crippen LogP contribution < -0.4 is 11.2 Å². The number of aromatic nitrogens is 2. The molecule has 0 aliphatic carbocycles. The highest BCUT2D eigenvalue weighted by molar-refractivity contribution is 5.75. The summed E-state index contributed by atoms with van der Waals surface area (Å²) in [6.45, 7) is 5.54. The number of methoxy groups -OCH3 is 1. The van der Waals surface area contributed by atoms with Crippen molar-refractivity contribution in [2.75, 3.05) is 7.11 Å². The molecule has 1 heterocycles. The van der Waals surface area contributed by atoms with Gasteiger partial charge < -0.3 is 9.30 Å². The molecule has 6 nitrogen and oxygen atoms in total. The Morgan fingerprint density at radius 2 is 2.00 bits per heavy atom. The van der Waals surface area contributed by atoms with Crippen molar-refractivity contribution in [3.8, 4) is 0 Å². The fourth-order valence-electron chi connectivity index (χ4n) is 1.68. The maximum absolute atomic E-state index is 12.0. The molecule has 0 radical (unpaired) electrons. The molecule has 1 aromatic heterocycles. The second-order valence-corrected chi connectivity index (χ2v) is 4.68. The molecular formula is C12H18N2O4. The summed E-state index contributed by atoms with van der Waals surface area (Å²) in [6.07, 6.45) is 1.45. The lowest BCUT2D eigenvalue weighted by atomic mass is 9.93. The van der Waals surface area contributed by atoms with Crippen LogP contribution in [-0.4, -0.2) is 22.2 Å². The van der Waals surface area contributed by atoms with Gasteiger partial charge in [0.25, 0.3) is 5.56 Å². The van der Waals surface area contributed by atoms with E-state index in [-0.39, 0.29) is 6.54 Å². The third-order valence-electron chi connectivity index (χ3n) is 2.77. The van der Waals surface area contributed by atoms with Crippen molar-refractivity contribution >= 4 is 5.97 Å². The van der Waals surface area contributed by atoms with E-state index in [4.69, 9.17) is 0 Å². The smallest absolute Gasteiger partial charge is 0.330 e. The molecule has 0 N–H and O–H groups in total. The van der Waals surface area contributed by atoms with Gasteiger partial charge in [0.2, 0.25) is 0 Å². The average Bonchev–Trinajstić information content (AvgIpc) is 2.33. The maximum Gasteiger partial charge on any atom is 0.330 e. The third kappa shape index (κ3) is 2.69. The van der Waals surface area contributed by atoms with Crippen molar-refractivity contribution in [3.63, 3.8) is 0 Å². The van der Waals surface area contributed by atoms with Crippen molar-refractivity contribution in [3.05, 3.63) is 33.1 Å². The van der Waals surface area contributed by atoms with Crippen LogP contribution in [0.25, 0.3) is 0 Å². The van der Waals surface area contributed by atoms with Crippen LogP contribution in [0.2, 0.25) is 0 Å². The zero-order chi connectivity index (χ0) is 13.9. The van der Waals surface area contributed by atoms with Gasteiger partial charge in [0.15, 0.2) is 0 Å². The topological polar surface area (TPSA) is 70.3 Å². The van der Waals surface area contributed by atoms with Crippen LogP contribution in [0, 0.1) is 5.41 Å². The van der Waals surface area contributed by atoms with Gasteiger partial charge in [-0.3, -0.25) is 14.2 Å². The number of hydrogen-bond donors (Lipinski definition) is 0. The van der Waals surface area contributed by atoms with Crippen molar-refractivity contribution in [1.82, 2.24) is 9.13 Å². The summed E-state index contributed by atoms with van der Waals surface area (Å²) in [4.78, 5) is 35.2. The van der Waals surface area contributed by atoms with Crippen LogP contribution in [-0.2, 0) is 22.6 Å². The van der Waals surface area contributed by atoms with Crippen LogP contribution in [0.5, 0.6) is 0 Å². The minimum Gasteiger partial charge on any atom is -0.469 e. The number of esters is 1. The van der Waals surface area contributed by atoms with E-state index < -0.39 is 22.6 Å². The molecule has 0 saturated carbocycles. The highest BCUT2D eigenvalue weighted by Gasteiger charge is 2.30. The van der Waals surface area contributed by atoms with Gasteiger partial charge in [-0.05, 0) is 20.8 Å². The molecule has 0 atom stereocenters. The quantitative estimate of drug-likeness (QED) is 0.721. The van der Waals surface area contributed by atoms with E-state index in [1.165, 1.54) is 23.9 Å². The third-order valence-corrected chi connectivity index (χ3v) is 2.77. The Kier molecular flexibility index (Phi) is 4.11. The van der Waals surface area contributed by atoms with E-state index in [1.807, 2.05) is 6.92 Å². The van der Waals surface area contributed by atoms with Gasteiger partial charge in [0, 0.05) is 25.4 Å². The lowest BCUT2D eigenvalue weighted by molar-refractivity contribution is -0.151. The van der Waals surface area contributed by atoms with Gasteiger partial charge in [-0.15, -0.1) is 0 Å². The van der Waals surface area contributed by atoms with E-state index in [9.17, 15) is 14.4 Å².